The maximum absolute atomic E-state index is 10.4. The molecular weight excluding hydrogens is 202 g/mol. The monoisotopic (exact) mass is 215 g/mol. The second-order valence-electron chi connectivity index (χ2n) is 3.12. The summed E-state index contributed by atoms with van der Waals surface area (Å²) in [6.07, 6.45) is -0.0247. The summed E-state index contributed by atoms with van der Waals surface area (Å²) in [6.45, 7) is 1.98. The molecule has 1 unspecified atom stereocenters. The van der Waals surface area contributed by atoms with E-state index < -0.39 is 12.0 Å². The van der Waals surface area contributed by atoms with E-state index in [0.29, 0.717) is 0 Å². The summed E-state index contributed by atoms with van der Waals surface area (Å²) in [5, 5.41) is 8.52. The Balaban J connectivity index is 0.00000169. The van der Waals surface area contributed by atoms with E-state index in [1.807, 2.05) is 31.2 Å². The van der Waals surface area contributed by atoms with Crippen LogP contribution >= 0.6 is 12.4 Å². The number of rotatable bonds is 3. The summed E-state index contributed by atoms with van der Waals surface area (Å²) in [7, 11) is 0. The number of carbonyl (C=O) groups is 1. The number of nitrogens with two attached hydrogens (primary N) is 1. The lowest BCUT2D eigenvalue weighted by atomic mass is 10.0. The second kappa shape index (κ2) is 5.62. The van der Waals surface area contributed by atoms with E-state index in [0.717, 1.165) is 11.1 Å². The van der Waals surface area contributed by atoms with Crippen LogP contribution in [0.3, 0.4) is 0 Å². The fourth-order valence-electron chi connectivity index (χ4n) is 1.12. The maximum Gasteiger partial charge on any atom is 0.305 e. The molecular formula is C10H14ClNO2. The van der Waals surface area contributed by atoms with E-state index in [4.69, 9.17) is 10.8 Å². The first-order valence-corrected chi connectivity index (χ1v) is 4.13. The lowest BCUT2D eigenvalue weighted by Crippen LogP contribution is -2.14. The Morgan fingerprint density at radius 3 is 2.36 bits per heavy atom. The molecule has 0 fully saturated rings. The van der Waals surface area contributed by atoms with Gasteiger partial charge in [0.05, 0.1) is 6.42 Å². The van der Waals surface area contributed by atoms with Gasteiger partial charge in [-0.15, -0.1) is 12.4 Å². The highest BCUT2D eigenvalue weighted by atomic mass is 35.5. The first-order chi connectivity index (χ1) is 6.09. The molecule has 78 valence electrons. The van der Waals surface area contributed by atoms with Crippen molar-refractivity contribution in [1.82, 2.24) is 0 Å². The number of hydrogen-bond acceptors (Lipinski definition) is 2. The van der Waals surface area contributed by atoms with Crippen molar-refractivity contribution < 1.29 is 9.90 Å². The summed E-state index contributed by atoms with van der Waals surface area (Å²) in [5.74, 6) is -0.868. The van der Waals surface area contributed by atoms with E-state index >= 15 is 0 Å². The van der Waals surface area contributed by atoms with Crippen LogP contribution in [0.1, 0.15) is 23.6 Å². The quantitative estimate of drug-likeness (QED) is 0.810. The average molecular weight is 216 g/mol. The largest absolute Gasteiger partial charge is 0.481 e. The predicted octanol–water partition coefficient (Wildman–Crippen LogP) is 1.89. The third kappa shape index (κ3) is 3.77. The fourth-order valence-corrected chi connectivity index (χ4v) is 1.12. The van der Waals surface area contributed by atoms with Gasteiger partial charge in [0.15, 0.2) is 0 Å². The van der Waals surface area contributed by atoms with Gasteiger partial charge in [-0.1, -0.05) is 29.8 Å². The molecule has 0 saturated carbocycles. The molecule has 0 radical (unpaired) electrons. The van der Waals surface area contributed by atoms with Crippen molar-refractivity contribution in [2.75, 3.05) is 0 Å². The number of benzene rings is 1. The minimum Gasteiger partial charge on any atom is -0.481 e. The Morgan fingerprint density at radius 2 is 1.93 bits per heavy atom. The van der Waals surface area contributed by atoms with Gasteiger partial charge < -0.3 is 10.8 Å². The maximum atomic E-state index is 10.4. The van der Waals surface area contributed by atoms with Crippen molar-refractivity contribution in [3.63, 3.8) is 0 Å². The van der Waals surface area contributed by atoms with Crippen LogP contribution in [0.2, 0.25) is 0 Å². The number of hydrogen-bond donors (Lipinski definition) is 2. The van der Waals surface area contributed by atoms with Gasteiger partial charge in [0.25, 0.3) is 0 Å². The zero-order valence-electron chi connectivity index (χ0n) is 7.93. The Hall–Kier alpha value is -1.06. The number of aliphatic carboxylic acids is 1. The molecule has 1 atom stereocenters. The van der Waals surface area contributed by atoms with Crippen molar-refractivity contribution in [2.45, 2.75) is 19.4 Å². The Morgan fingerprint density at radius 1 is 1.43 bits per heavy atom. The van der Waals surface area contributed by atoms with Crippen molar-refractivity contribution in [3.8, 4) is 0 Å². The van der Waals surface area contributed by atoms with Crippen LogP contribution < -0.4 is 5.73 Å². The third-order valence-corrected chi connectivity index (χ3v) is 1.90. The molecule has 14 heavy (non-hydrogen) atoms. The normalized spacial score (nSPS) is 11.6. The van der Waals surface area contributed by atoms with E-state index in [1.165, 1.54) is 0 Å². The van der Waals surface area contributed by atoms with Crippen LogP contribution in [0, 0.1) is 6.92 Å². The van der Waals surface area contributed by atoms with Crippen molar-refractivity contribution >= 4 is 18.4 Å². The molecule has 4 heteroatoms. The van der Waals surface area contributed by atoms with Gasteiger partial charge in [0.2, 0.25) is 0 Å². The highest BCUT2D eigenvalue weighted by molar-refractivity contribution is 5.85. The summed E-state index contributed by atoms with van der Waals surface area (Å²) in [4.78, 5) is 10.4. The molecule has 0 amide bonds. The minimum absolute atomic E-state index is 0. The summed E-state index contributed by atoms with van der Waals surface area (Å²) >= 11 is 0. The molecule has 1 aromatic rings. The Kier molecular flexibility index (Phi) is 5.20. The molecule has 0 aliphatic carbocycles. The zero-order valence-corrected chi connectivity index (χ0v) is 8.75. The number of aryl methyl sites for hydroxylation is 1. The van der Waals surface area contributed by atoms with E-state index in [9.17, 15) is 4.79 Å². The second-order valence-corrected chi connectivity index (χ2v) is 3.12. The minimum atomic E-state index is -0.868. The van der Waals surface area contributed by atoms with Crippen LogP contribution in [0.5, 0.6) is 0 Å². The van der Waals surface area contributed by atoms with Crippen molar-refractivity contribution in [2.24, 2.45) is 5.73 Å². The van der Waals surface area contributed by atoms with Gasteiger partial charge in [0.1, 0.15) is 0 Å². The van der Waals surface area contributed by atoms with Crippen molar-refractivity contribution in [1.29, 1.82) is 0 Å². The van der Waals surface area contributed by atoms with Crippen LogP contribution in [-0.4, -0.2) is 11.1 Å². The highest BCUT2D eigenvalue weighted by Gasteiger charge is 2.09. The van der Waals surface area contributed by atoms with Gasteiger partial charge in [-0.05, 0) is 12.5 Å². The van der Waals surface area contributed by atoms with Crippen molar-refractivity contribution in [3.05, 3.63) is 35.4 Å². The Labute approximate surface area is 89.3 Å². The topological polar surface area (TPSA) is 63.3 Å². The van der Waals surface area contributed by atoms with Gasteiger partial charge in [-0.25, -0.2) is 0 Å². The molecule has 0 saturated heterocycles. The number of carboxylic acid groups (broad SMARTS) is 1. The first kappa shape index (κ1) is 12.9. The SMILES string of the molecule is Cc1ccc(C(N)CC(=O)O)cc1.Cl. The highest BCUT2D eigenvalue weighted by Crippen LogP contribution is 2.14. The standard InChI is InChI=1S/C10H13NO2.ClH/c1-7-2-4-8(5-3-7)9(11)6-10(12)13;/h2-5,9H,6,11H2,1H3,(H,12,13);1H. The molecule has 3 N–H and O–H groups in total. The van der Waals surface area contributed by atoms with Crippen LogP contribution in [0.25, 0.3) is 0 Å². The molecule has 0 spiro atoms. The summed E-state index contributed by atoms with van der Waals surface area (Å²) in [5.41, 5.74) is 7.68. The lowest BCUT2D eigenvalue weighted by Gasteiger charge is -2.08. The Bertz CT molecular complexity index is 297. The van der Waals surface area contributed by atoms with E-state index in [1.54, 1.807) is 0 Å². The lowest BCUT2D eigenvalue weighted by molar-refractivity contribution is -0.137. The van der Waals surface area contributed by atoms with Gasteiger partial charge >= 0.3 is 5.97 Å². The van der Waals surface area contributed by atoms with Gasteiger partial charge in [0, 0.05) is 6.04 Å². The fraction of sp³-hybridized carbons (Fsp3) is 0.300. The number of halogens is 1. The molecule has 0 aliphatic heterocycles. The summed E-state index contributed by atoms with van der Waals surface area (Å²) in [6, 6.07) is 7.18. The van der Waals surface area contributed by atoms with Gasteiger partial charge in [-0.3, -0.25) is 4.79 Å². The molecule has 0 bridgehead atoms. The van der Waals surface area contributed by atoms with E-state index in [2.05, 4.69) is 0 Å². The summed E-state index contributed by atoms with van der Waals surface area (Å²) < 4.78 is 0. The van der Waals surface area contributed by atoms with E-state index in [-0.39, 0.29) is 18.8 Å². The molecule has 1 aromatic carbocycles. The number of carboxylic acids is 1. The first-order valence-electron chi connectivity index (χ1n) is 4.13. The molecule has 3 nitrogen and oxygen atoms in total. The average Bonchev–Trinajstić information content (AvgIpc) is 2.04. The van der Waals surface area contributed by atoms with Gasteiger partial charge in [-0.2, -0.15) is 0 Å². The molecule has 0 aliphatic rings. The predicted molar refractivity (Wildman–Crippen MR) is 57.6 cm³/mol. The zero-order chi connectivity index (χ0) is 9.84. The third-order valence-electron chi connectivity index (χ3n) is 1.90. The molecule has 0 heterocycles. The smallest absolute Gasteiger partial charge is 0.305 e. The molecule has 0 aromatic heterocycles. The van der Waals surface area contributed by atoms with Crippen LogP contribution in [-0.2, 0) is 4.79 Å². The van der Waals surface area contributed by atoms with Crippen LogP contribution in [0.4, 0.5) is 0 Å². The molecule has 1 rings (SSSR count). The van der Waals surface area contributed by atoms with Crippen LogP contribution in [0.15, 0.2) is 24.3 Å².